The molecule has 1 unspecified atom stereocenters. The number of rotatable bonds is 2. The molecule has 2 heterocycles. The van der Waals surface area contributed by atoms with E-state index in [9.17, 15) is 9.18 Å². The van der Waals surface area contributed by atoms with E-state index in [1.165, 1.54) is 6.07 Å². The number of likely N-dealkylation sites (tertiary alicyclic amines) is 1. The number of methoxy groups -OCH3 is 1. The molecule has 0 aliphatic carbocycles. The Labute approximate surface area is 129 Å². The second-order valence-electron chi connectivity index (χ2n) is 5.83. The van der Waals surface area contributed by atoms with Gasteiger partial charge in [0.2, 0.25) is 0 Å². The maximum atomic E-state index is 14.0. The highest BCUT2D eigenvalue weighted by atomic mass is 19.1. The molecule has 1 fully saturated rings. The minimum absolute atomic E-state index is 0.0432. The zero-order valence-corrected chi connectivity index (χ0v) is 12.8. The van der Waals surface area contributed by atoms with Gasteiger partial charge in [0.15, 0.2) is 0 Å². The summed E-state index contributed by atoms with van der Waals surface area (Å²) >= 11 is 0. The molecule has 0 saturated carbocycles. The van der Waals surface area contributed by atoms with Crippen LogP contribution in [0.4, 0.5) is 9.18 Å². The van der Waals surface area contributed by atoms with Crippen molar-refractivity contribution in [3.05, 3.63) is 29.6 Å². The first kappa shape index (κ1) is 15.1. The van der Waals surface area contributed by atoms with E-state index in [4.69, 9.17) is 9.47 Å². The number of carbonyl (C=O) groups excluding carboxylic acids is 1. The number of hydrogen-bond acceptors (Lipinski definition) is 3. The third-order valence-electron chi connectivity index (χ3n) is 4.27. The third kappa shape index (κ3) is 3.02. The number of amides is 2. The van der Waals surface area contributed by atoms with Crippen molar-refractivity contribution >= 4 is 6.03 Å². The molecule has 5 nitrogen and oxygen atoms in total. The Balaban J connectivity index is 1.70. The lowest BCUT2D eigenvalue weighted by Crippen LogP contribution is -2.42. The summed E-state index contributed by atoms with van der Waals surface area (Å²) in [6.45, 7) is 3.22. The summed E-state index contributed by atoms with van der Waals surface area (Å²) in [6, 6.07) is 4.73. The topological polar surface area (TPSA) is 42.0 Å². The Hall–Kier alpha value is -1.82. The Kier molecular flexibility index (Phi) is 4.47. The summed E-state index contributed by atoms with van der Waals surface area (Å²) in [5, 5.41) is 0. The first-order valence-electron chi connectivity index (χ1n) is 7.62. The van der Waals surface area contributed by atoms with E-state index in [1.54, 1.807) is 24.1 Å². The second-order valence-corrected chi connectivity index (χ2v) is 5.83. The van der Waals surface area contributed by atoms with E-state index < -0.39 is 0 Å². The van der Waals surface area contributed by atoms with Gasteiger partial charge in [-0.15, -0.1) is 0 Å². The Bertz CT molecular complexity index is 552. The number of carbonyl (C=O) groups is 1. The summed E-state index contributed by atoms with van der Waals surface area (Å²) in [5.41, 5.74) is 0.459. The van der Waals surface area contributed by atoms with Crippen molar-refractivity contribution in [2.45, 2.75) is 13.0 Å². The van der Waals surface area contributed by atoms with Gasteiger partial charge in [0.05, 0.1) is 19.7 Å². The fourth-order valence-electron chi connectivity index (χ4n) is 3.10. The van der Waals surface area contributed by atoms with Crippen molar-refractivity contribution in [2.24, 2.45) is 5.92 Å². The molecule has 6 heteroatoms. The van der Waals surface area contributed by atoms with Crippen molar-refractivity contribution < 1.29 is 18.7 Å². The molecule has 120 valence electrons. The number of urea groups is 1. The van der Waals surface area contributed by atoms with E-state index in [0.29, 0.717) is 43.5 Å². The number of fused-ring (bicyclic) bond motifs is 1. The standard InChI is InChI=1S/C16H21FN2O3/c1-21-11-12-5-6-18(9-12)16(20)19-7-8-22-15-4-2-3-14(17)13(15)10-19/h2-4,12H,5-11H2,1H3. The third-order valence-corrected chi connectivity index (χ3v) is 4.27. The molecule has 0 N–H and O–H groups in total. The summed E-state index contributed by atoms with van der Waals surface area (Å²) in [5.74, 6) is 0.603. The van der Waals surface area contributed by atoms with Gasteiger partial charge in [0.25, 0.3) is 0 Å². The van der Waals surface area contributed by atoms with Crippen molar-refractivity contribution in [3.8, 4) is 5.75 Å². The zero-order chi connectivity index (χ0) is 15.5. The minimum Gasteiger partial charge on any atom is -0.491 e. The maximum absolute atomic E-state index is 14.0. The van der Waals surface area contributed by atoms with Gasteiger partial charge in [0.1, 0.15) is 18.2 Å². The van der Waals surface area contributed by atoms with Crippen molar-refractivity contribution in [1.82, 2.24) is 9.80 Å². The Morgan fingerprint density at radius 1 is 1.41 bits per heavy atom. The van der Waals surface area contributed by atoms with Gasteiger partial charge in [-0.3, -0.25) is 0 Å². The smallest absolute Gasteiger partial charge is 0.320 e. The molecule has 0 bridgehead atoms. The van der Waals surface area contributed by atoms with Gasteiger partial charge < -0.3 is 19.3 Å². The SMILES string of the molecule is COCC1CCN(C(=O)N2CCOc3cccc(F)c3C2)C1. The van der Waals surface area contributed by atoms with E-state index in [-0.39, 0.29) is 18.4 Å². The average Bonchev–Trinajstić information content (AvgIpc) is 2.85. The van der Waals surface area contributed by atoms with Crippen LogP contribution in [-0.4, -0.2) is 55.8 Å². The van der Waals surface area contributed by atoms with Gasteiger partial charge in [-0.2, -0.15) is 0 Å². The normalized spacial score (nSPS) is 21.3. The number of ether oxygens (including phenoxy) is 2. The molecule has 1 atom stereocenters. The van der Waals surface area contributed by atoms with Crippen molar-refractivity contribution in [2.75, 3.05) is 40.0 Å². The fraction of sp³-hybridized carbons (Fsp3) is 0.562. The van der Waals surface area contributed by atoms with E-state index in [0.717, 1.165) is 13.0 Å². The molecule has 1 aromatic rings. The van der Waals surface area contributed by atoms with Crippen molar-refractivity contribution in [3.63, 3.8) is 0 Å². The molecule has 0 aromatic heterocycles. The van der Waals surface area contributed by atoms with Gasteiger partial charge in [-0.05, 0) is 18.6 Å². The van der Waals surface area contributed by atoms with Crippen LogP contribution >= 0.6 is 0 Å². The van der Waals surface area contributed by atoms with E-state index in [1.807, 2.05) is 4.90 Å². The number of halogens is 1. The Morgan fingerprint density at radius 2 is 2.27 bits per heavy atom. The predicted octanol–water partition coefficient (Wildman–Crippen LogP) is 2.11. The molecule has 1 saturated heterocycles. The monoisotopic (exact) mass is 308 g/mol. The van der Waals surface area contributed by atoms with Crippen molar-refractivity contribution in [1.29, 1.82) is 0 Å². The van der Waals surface area contributed by atoms with Crippen LogP contribution in [0.25, 0.3) is 0 Å². The van der Waals surface area contributed by atoms with Crippen LogP contribution in [0.3, 0.4) is 0 Å². The van der Waals surface area contributed by atoms with E-state index >= 15 is 0 Å². The van der Waals surface area contributed by atoms with Crippen LogP contribution in [0, 0.1) is 11.7 Å². The first-order chi connectivity index (χ1) is 10.7. The quantitative estimate of drug-likeness (QED) is 0.840. The Morgan fingerprint density at radius 3 is 3.09 bits per heavy atom. The highest BCUT2D eigenvalue weighted by Crippen LogP contribution is 2.27. The molecular formula is C16H21FN2O3. The molecule has 22 heavy (non-hydrogen) atoms. The molecular weight excluding hydrogens is 287 g/mol. The van der Waals surface area contributed by atoms with Crippen LogP contribution in [0.15, 0.2) is 18.2 Å². The van der Waals surface area contributed by atoms with E-state index in [2.05, 4.69) is 0 Å². The largest absolute Gasteiger partial charge is 0.491 e. The zero-order valence-electron chi connectivity index (χ0n) is 12.8. The van der Waals surface area contributed by atoms with Crippen LogP contribution < -0.4 is 4.74 Å². The van der Waals surface area contributed by atoms with Gasteiger partial charge in [-0.1, -0.05) is 6.07 Å². The average molecular weight is 308 g/mol. The molecule has 2 aliphatic rings. The van der Waals surface area contributed by atoms with Crippen LogP contribution in [0.5, 0.6) is 5.75 Å². The molecule has 0 radical (unpaired) electrons. The second kappa shape index (κ2) is 6.52. The lowest BCUT2D eigenvalue weighted by atomic mass is 10.1. The minimum atomic E-state index is -0.323. The van der Waals surface area contributed by atoms with Crippen LogP contribution in [0.1, 0.15) is 12.0 Å². The number of benzene rings is 1. The summed E-state index contributed by atoms with van der Waals surface area (Å²) in [7, 11) is 1.68. The predicted molar refractivity (Wildman–Crippen MR) is 79.3 cm³/mol. The lowest BCUT2D eigenvalue weighted by molar-refractivity contribution is 0.139. The number of nitrogens with zero attached hydrogens (tertiary/aromatic N) is 2. The summed E-state index contributed by atoms with van der Waals surface area (Å²) in [4.78, 5) is 16.2. The molecule has 1 aromatic carbocycles. The molecule has 2 aliphatic heterocycles. The fourth-order valence-corrected chi connectivity index (χ4v) is 3.10. The summed E-state index contributed by atoms with van der Waals surface area (Å²) in [6.07, 6.45) is 0.953. The van der Waals surface area contributed by atoms with Crippen LogP contribution in [-0.2, 0) is 11.3 Å². The van der Waals surface area contributed by atoms with Gasteiger partial charge >= 0.3 is 6.03 Å². The van der Waals surface area contributed by atoms with Gasteiger partial charge in [-0.25, -0.2) is 9.18 Å². The molecule has 3 rings (SSSR count). The van der Waals surface area contributed by atoms with Crippen LogP contribution in [0.2, 0.25) is 0 Å². The first-order valence-corrected chi connectivity index (χ1v) is 7.62. The highest BCUT2D eigenvalue weighted by molar-refractivity contribution is 5.75. The maximum Gasteiger partial charge on any atom is 0.320 e. The molecule has 2 amide bonds. The van der Waals surface area contributed by atoms with Gasteiger partial charge in [0, 0.05) is 31.7 Å². The number of hydrogen-bond donors (Lipinski definition) is 0. The highest BCUT2D eigenvalue weighted by Gasteiger charge is 2.31. The lowest BCUT2D eigenvalue weighted by Gasteiger charge is -2.26. The summed E-state index contributed by atoms with van der Waals surface area (Å²) < 4.78 is 24.7. The molecule has 0 spiro atoms.